The Morgan fingerprint density at radius 2 is 1.49 bits per heavy atom. The van der Waals surface area contributed by atoms with Crippen LogP contribution in [0.3, 0.4) is 0 Å². The van der Waals surface area contributed by atoms with Gasteiger partial charge in [0.15, 0.2) is 0 Å². The monoisotopic (exact) mass is 525 g/mol. The Hall–Kier alpha value is -3.15. The number of carbonyl (C=O) groups is 1. The predicted molar refractivity (Wildman–Crippen MR) is 157 cm³/mol. The van der Waals surface area contributed by atoms with Gasteiger partial charge in [-0.15, -0.1) is 0 Å². The minimum atomic E-state index is -1.33. The highest BCUT2D eigenvalue weighted by atomic mass is 16.3. The van der Waals surface area contributed by atoms with Crippen LogP contribution in [0.5, 0.6) is 0 Å². The van der Waals surface area contributed by atoms with Gasteiger partial charge in [0, 0.05) is 12.1 Å². The molecule has 1 saturated carbocycles. The van der Waals surface area contributed by atoms with Gasteiger partial charge in [-0.3, -0.25) is 0 Å². The first-order valence-corrected chi connectivity index (χ1v) is 14.8. The molecule has 0 bridgehead atoms. The molecule has 0 heterocycles. The van der Waals surface area contributed by atoms with Gasteiger partial charge in [-0.2, -0.15) is 0 Å². The van der Waals surface area contributed by atoms with Gasteiger partial charge < -0.3 is 21.1 Å². The standard InChI is InChI=1S/C34H43N3O2/c1-25(34(39,28-13-4-2-5-14-28)29-15-6-3-7-16-29)36-33(38)37-30-21-19-26(20-22-30)23-24-35-32-18-10-12-27-11-8-9-17-31(27)32/h2-9,11,13-17,25-26,30,32,35,39H,10,12,18-24H2,1H3,(H2,36,37,38)/t25-,26?,30?,32-/m1/s1. The van der Waals surface area contributed by atoms with Crippen LogP contribution in [0.25, 0.3) is 0 Å². The lowest BCUT2D eigenvalue weighted by Crippen LogP contribution is -2.54. The normalized spacial score (nSPS) is 21.9. The minimum absolute atomic E-state index is 0.174. The summed E-state index contributed by atoms with van der Waals surface area (Å²) in [4.78, 5) is 13.0. The topological polar surface area (TPSA) is 73.4 Å². The molecule has 4 N–H and O–H groups in total. The lowest BCUT2D eigenvalue weighted by Gasteiger charge is -2.36. The average molecular weight is 526 g/mol. The van der Waals surface area contributed by atoms with E-state index in [4.69, 9.17) is 0 Å². The minimum Gasteiger partial charge on any atom is -0.378 e. The van der Waals surface area contributed by atoms with Crippen molar-refractivity contribution in [2.75, 3.05) is 6.54 Å². The molecule has 3 aromatic rings. The number of carbonyl (C=O) groups excluding carboxylic acids is 1. The van der Waals surface area contributed by atoms with Gasteiger partial charge in [0.25, 0.3) is 0 Å². The lowest BCUT2D eigenvalue weighted by molar-refractivity contribution is 0.0470. The van der Waals surface area contributed by atoms with Gasteiger partial charge in [0.05, 0.1) is 6.04 Å². The lowest BCUT2D eigenvalue weighted by atomic mass is 9.81. The third-order valence-corrected chi connectivity index (χ3v) is 8.90. The summed E-state index contributed by atoms with van der Waals surface area (Å²) in [6.45, 7) is 2.92. The second kappa shape index (κ2) is 12.8. The molecule has 0 aromatic heterocycles. The SMILES string of the molecule is C[C@@H](NC(=O)NC1CCC(CCN[C@@H]2CCCc3ccccc32)CC1)C(O)(c1ccccc1)c1ccccc1. The van der Waals surface area contributed by atoms with Crippen molar-refractivity contribution in [3.8, 4) is 0 Å². The molecule has 2 aliphatic rings. The molecule has 0 aliphatic heterocycles. The maximum atomic E-state index is 13.0. The number of aliphatic hydroxyl groups is 1. The Balaban J connectivity index is 1.09. The van der Waals surface area contributed by atoms with Gasteiger partial charge in [-0.25, -0.2) is 4.79 Å². The summed E-state index contributed by atoms with van der Waals surface area (Å²) in [7, 11) is 0. The number of urea groups is 1. The molecule has 5 heteroatoms. The van der Waals surface area contributed by atoms with Crippen LogP contribution in [0, 0.1) is 5.92 Å². The Labute approximate surface area is 233 Å². The molecule has 5 nitrogen and oxygen atoms in total. The number of hydrogen-bond donors (Lipinski definition) is 4. The summed E-state index contributed by atoms with van der Waals surface area (Å²) in [6, 6.07) is 28.0. The van der Waals surface area contributed by atoms with Crippen molar-refractivity contribution < 1.29 is 9.90 Å². The Morgan fingerprint density at radius 1 is 0.872 bits per heavy atom. The van der Waals surface area contributed by atoms with Crippen molar-refractivity contribution in [3.63, 3.8) is 0 Å². The number of amides is 2. The van der Waals surface area contributed by atoms with E-state index in [2.05, 4.69) is 40.2 Å². The van der Waals surface area contributed by atoms with E-state index in [0.717, 1.165) is 43.4 Å². The molecular formula is C34H43N3O2. The number of aryl methyl sites for hydroxylation is 1. The molecule has 2 atom stereocenters. The van der Waals surface area contributed by atoms with Gasteiger partial charge in [0.2, 0.25) is 0 Å². The van der Waals surface area contributed by atoms with Crippen LogP contribution in [-0.4, -0.2) is 29.8 Å². The summed E-state index contributed by atoms with van der Waals surface area (Å²) in [6.07, 6.45) is 9.17. The molecule has 39 heavy (non-hydrogen) atoms. The van der Waals surface area contributed by atoms with Crippen molar-refractivity contribution in [2.24, 2.45) is 5.92 Å². The summed E-state index contributed by atoms with van der Waals surface area (Å²) in [5, 5.41) is 22.0. The van der Waals surface area contributed by atoms with Gasteiger partial charge in [-0.1, -0.05) is 84.9 Å². The predicted octanol–water partition coefficient (Wildman–Crippen LogP) is 6.23. The van der Waals surface area contributed by atoms with Crippen LogP contribution in [0.15, 0.2) is 84.9 Å². The van der Waals surface area contributed by atoms with Crippen LogP contribution in [-0.2, 0) is 12.0 Å². The largest absolute Gasteiger partial charge is 0.378 e. The highest BCUT2D eigenvalue weighted by molar-refractivity contribution is 5.75. The van der Waals surface area contributed by atoms with E-state index in [1.807, 2.05) is 67.6 Å². The van der Waals surface area contributed by atoms with E-state index in [1.54, 1.807) is 0 Å². The van der Waals surface area contributed by atoms with Crippen molar-refractivity contribution in [1.82, 2.24) is 16.0 Å². The third kappa shape index (κ3) is 6.54. The van der Waals surface area contributed by atoms with E-state index in [0.29, 0.717) is 12.0 Å². The molecule has 0 radical (unpaired) electrons. The summed E-state index contributed by atoms with van der Waals surface area (Å²) >= 11 is 0. The van der Waals surface area contributed by atoms with Crippen molar-refractivity contribution in [2.45, 2.75) is 82.0 Å². The first-order chi connectivity index (χ1) is 19.0. The van der Waals surface area contributed by atoms with Crippen LogP contribution < -0.4 is 16.0 Å². The van der Waals surface area contributed by atoms with E-state index in [1.165, 1.54) is 36.8 Å². The molecule has 2 aliphatic carbocycles. The molecule has 5 rings (SSSR count). The highest BCUT2D eigenvalue weighted by Crippen LogP contribution is 2.34. The maximum absolute atomic E-state index is 13.0. The van der Waals surface area contributed by atoms with Crippen molar-refractivity contribution >= 4 is 6.03 Å². The van der Waals surface area contributed by atoms with Crippen LogP contribution in [0.4, 0.5) is 4.79 Å². The van der Waals surface area contributed by atoms with Crippen molar-refractivity contribution in [3.05, 3.63) is 107 Å². The fourth-order valence-electron chi connectivity index (χ4n) is 6.60. The van der Waals surface area contributed by atoms with Gasteiger partial charge in [-0.05, 0) is 93.0 Å². The highest BCUT2D eigenvalue weighted by Gasteiger charge is 2.38. The smallest absolute Gasteiger partial charge is 0.315 e. The zero-order valence-corrected chi connectivity index (χ0v) is 23.1. The molecule has 3 aromatic carbocycles. The first kappa shape index (κ1) is 27.4. The number of rotatable bonds is 9. The Morgan fingerprint density at radius 3 is 2.15 bits per heavy atom. The summed E-state index contributed by atoms with van der Waals surface area (Å²) in [5.74, 6) is 0.706. The molecule has 0 spiro atoms. The fourth-order valence-corrected chi connectivity index (χ4v) is 6.60. The number of benzene rings is 3. The zero-order valence-electron chi connectivity index (χ0n) is 23.1. The second-order valence-electron chi connectivity index (χ2n) is 11.4. The van der Waals surface area contributed by atoms with Crippen molar-refractivity contribution in [1.29, 1.82) is 0 Å². The Bertz CT molecular complexity index is 1150. The van der Waals surface area contributed by atoms with Crippen LogP contribution in [0.2, 0.25) is 0 Å². The zero-order chi connectivity index (χ0) is 27.1. The van der Waals surface area contributed by atoms with Gasteiger partial charge >= 0.3 is 6.03 Å². The third-order valence-electron chi connectivity index (χ3n) is 8.90. The molecule has 1 fully saturated rings. The number of fused-ring (bicyclic) bond motifs is 1. The van der Waals surface area contributed by atoms with Crippen LogP contribution >= 0.6 is 0 Å². The summed E-state index contributed by atoms with van der Waals surface area (Å²) < 4.78 is 0. The quantitative estimate of drug-likeness (QED) is 0.268. The van der Waals surface area contributed by atoms with Crippen LogP contribution in [0.1, 0.15) is 80.2 Å². The number of nitrogens with one attached hydrogen (secondary N) is 3. The Kier molecular flexibility index (Phi) is 9.00. The summed E-state index contributed by atoms with van der Waals surface area (Å²) in [5.41, 5.74) is 3.18. The van der Waals surface area contributed by atoms with Gasteiger partial charge in [0.1, 0.15) is 5.60 Å². The molecule has 0 saturated heterocycles. The maximum Gasteiger partial charge on any atom is 0.315 e. The molecular weight excluding hydrogens is 482 g/mol. The first-order valence-electron chi connectivity index (χ1n) is 14.8. The molecule has 206 valence electrons. The second-order valence-corrected chi connectivity index (χ2v) is 11.4. The van der Waals surface area contributed by atoms with E-state index in [-0.39, 0.29) is 12.1 Å². The number of hydrogen-bond acceptors (Lipinski definition) is 3. The molecule has 2 amide bonds. The fraction of sp³-hybridized carbons (Fsp3) is 0.441. The average Bonchev–Trinajstić information content (AvgIpc) is 2.98. The van der Waals surface area contributed by atoms with E-state index in [9.17, 15) is 9.90 Å². The van der Waals surface area contributed by atoms with E-state index >= 15 is 0 Å². The molecule has 0 unspecified atom stereocenters. The van der Waals surface area contributed by atoms with E-state index < -0.39 is 11.6 Å².